The van der Waals surface area contributed by atoms with E-state index in [9.17, 15) is 15.0 Å². The maximum Gasteiger partial charge on any atom is 0.303 e. The smallest absolute Gasteiger partial charge is 0.303 e. The molecular formula is C24H35ClO4. The van der Waals surface area contributed by atoms with Crippen molar-refractivity contribution < 1.29 is 20.1 Å². The van der Waals surface area contributed by atoms with E-state index in [1.807, 2.05) is 30.3 Å². The van der Waals surface area contributed by atoms with Gasteiger partial charge in [0.1, 0.15) is 0 Å². The minimum absolute atomic E-state index is 0.0209. The molecule has 1 aromatic rings. The minimum atomic E-state index is -0.767. The van der Waals surface area contributed by atoms with Crippen LogP contribution in [0.2, 0.25) is 0 Å². The Balaban J connectivity index is 1.96. The van der Waals surface area contributed by atoms with E-state index in [1.54, 1.807) is 0 Å². The van der Waals surface area contributed by atoms with Crippen molar-refractivity contribution in [3.8, 4) is 0 Å². The van der Waals surface area contributed by atoms with Crippen LogP contribution in [0.5, 0.6) is 0 Å². The highest BCUT2D eigenvalue weighted by Gasteiger charge is 2.41. The summed E-state index contributed by atoms with van der Waals surface area (Å²) < 4.78 is 0. The first-order chi connectivity index (χ1) is 13.9. The summed E-state index contributed by atoms with van der Waals surface area (Å²) >= 11 is 6.54. The van der Waals surface area contributed by atoms with Gasteiger partial charge in [-0.3, -0.25) is 4.79 Å². The van der Waals surface area contributed by atoms with Crippen LogP contribution in [-0.4, -0.2) is 32.8 Å². The fourth-order valence-electron chi connectivity index (χ4n) is 4.26. The van der Waals surface area contributed by atoms with Crippen LogP contribution in [0.1, 0.15) is 87.9 Å². The Kier molecular flexibility index (Phi) is 10.2. The zero-order valence-electron chi connectivity index (χ0n) is 17.3. The standard InChI is InChI=1S/C24H35ClO4/c1-2-3-6-10-21(26)17-12-14-18(15-13-17)24-19(20(25)16-22(24)27)9-7-4-5-8-11-23(28)29/h4,7,12-15,19-22,24,26-27H,2-3,5-6,8-11,16H2,1H3,(H,28,29)/t19-,20+,21-,22+,24+/m0/s1. The van der Waals surface area contributed by atoms with Crippen LogP contribution in [0, 0.1) is 5.92 Å². The molecule has 4 nitrogen and oxygen atoms in total. The van der Waals surface area contributed by atoms with Crippen molar-refractivity contribution in [1.29, 1.82) is 0 Å². The molecule has 5 atom stereocenters. The molecule has 0 aliphatic heterocycles. The Hall–Kier alpha value is -1.36. The fraction of sp³-hybridized carbons (Fsp3) is 0.625. The number of carboxylic acids is 1. The van der Waals surface area contributed by atoms with Crippen molar-refractivity contribution in [3.05, 3.63) is 47.5 Å². The van der Waals surface area contributed by atoms with Crippen molar-refractivity contribution in [2.45, 2.75) is 88.2 Å². The highest BCUT2D eigenvalue weighted by atomic mass is 35.5. The first-order valence-electron chi connectivity index (χ1n) is 10.9. The first-order valence-corrected chi connectivity index (χ1v) is 11.3. The van der Waals surface area contributed by atoms with Gasteiger partial charge in [0.15, 0.2) is 0 Å². The average Bonchev–Trinajstić information content (AvgIpc) is 2.97. The topological polar surface area (TPSA) is 77.8 Å². The number of halogens is 1. The molecule has 0 heterocycles. The van der Waals surface area contributed by atoms with E-state index in [0.717, 1.165) is 49.7 Å². The van der Waals surface area contributed by atoms with E-state index in [0.29, 0.717) is 12.8 Å². The van der Waals surface area contributed by atoms with E-state index in [1.165, 1.54) is 0 Å². The largest absolute Gasteiger partial charge is 0.481 e. The van der Waals surface area contributed by atoms with Gasteiger partial charge in [0.2, 0.25) is 0 Å². The van der Waals surface area contributed by atoms with Gasteiger partial charge >= 0.3 is 5.97 Å². The third kappa shape index (κ3) is 7.44. The fourth-order valence-corrected chi connectivity index (χ4v) is 4.71. The summed E-state index contributed by atoms with van der Waals surface area (Å²) in [4.78, 5) is 10.6. The number of aliphatic hydroxyl groups excluding tert-OH is 2. The van der Waals surface area contributed by atoms with Gasteiger partial charge in [0.05, 0.1) is 12.2 Å². The van der Waals surface area contributed by atoms with E-state index in [2.05, 4.69) is 13.0 Å². The van der Waals surface area contributed by atoms with Gasteiger partial charge in [-0.25, -0.2) is 0 Å². The Morgan fingerprint density at radius 3 is 2.59 bits per heavy atom. The zero-order chi connectivity index (χ0) is 21.2. The average molecular weight is 423 g/mol. The van der Waals surface area contributed by atoms with Gasteiger partial charge in [-0.05, 0) is 49.1 Å². The van der Waals surface area contributed by atoms with Gasteiger partial charge in [0, 0.05) is 17.7 Å². The van der Waals surface area contributed by atoms with Crippen molar-refractivity contribution in [2.24, 2.45) is 5.92 Å². The normalized spacial score (nSPS) is 25.5. The number of aliphatic carboxylic acids is 1. The third-order valence-electron chi connectivity index (χ3n) is 5.93. The molecule has 3 N–H and O–H groups in total. The predicted octanol–water partition coefficient (Wildman–Crippen LogP) is 5.57. The third-order valence-corrected chi connectivity index (χ3v) is 6.43. The summed E-state index contributed by atoms with van der Waals surface area (Å²) in [5.41, 5.74) is 1.99. The van der Waals surface area contributed by atoms with Crippen molar-refractivity contribution >= 4 is 17.6 Å². The van der Waals surface area contributed by atoms with Crippen LogP contribution in [0.3, 0.4) is 0 Å². The maximum absolute atomic E-state index is 10.6. The van der Waals surface area contributed by atoms with Crippen LogP contribution >= 0.6 is 11.6 Å². The monoisotopic (exact) mass is 422 g/mol. The van der Waals surface area contributed by atoms with Crippen LogP contribution in [0.15, 0.2) is 36.4 Å². The number of unbranched alkanes of at least 4 members (excludes halogenated alkanes) is 3. The second-order valence-corrected chi connectivity index (χ2v) is 8.74. The second-order valence-electron chi connectivity index (χ2n) is 8.18. The maximum atomic E-state index is 10.6. The molecule has 162 valence electrons. The highest BCUT2D eigenvalue weighted by molar-refractivity contribution is 6.21. The Morgan fingerprint density at radius 2 is 1.93 bits per heavy atom. The Bertz CT molecular complexity index is 643. The molecular weight excluding hydrogens is 388 g/mol. The number of benzene rings is 1. The molecule has 1 saturated carbocycles. The lowest BCUT2D eigenvalue weighted by Gasteiger charge is -2.23. The molecule has 0 bridgehead atoms. The Labute approximate surface area is 179 Å². The van der Waals surface area contributed by atoms with E-state index in [-0.39, 0.29) is 23.6 Å². The van der Waals surface area contributed by atoms with Gasteiger partial charge in [-0.1, -0.05) is 62.6 Å². The van der Waals surface area contributed by atoms with Gasteiger partial charge in [-0.2, -0.15) is 0 Å². The number of hydrogen-bond donors (Lipinski definition) is 3. The van der Waals surface area contributed by atoms with E-state index in [4.69, 9.17) is 16.7 Å². The Morgan fingerprint density at radius 1 is 1.21 bits per heavy atom. The quantitative estimate of drug-likeness (QED) is 0.233. The SMILES string of the molecule is CCCCC[C@H](O)c1ccc([C@@H]2[C@@H](CC=CCCCC(=O)O)[C@H](Cl)C[C@H]2O)cc1. The number of rotatable bonds is 12. The molecule has 0 radical (unpaired) electrons. The molecule has 0 saturated heterocycles. The summed E-state index contributed by atoms with van der Waals surface area (Å²) in [5, 5.41) is 29.5. The summed E-state index contributed by atoms with van der Waals surface area (Å²) in [6.45, 7) is 2.15. The molecule has 0 unspecified atom stereocenters. The van der Waals surface area contributed by atoms with Crippen molar-refractivity contribution in [3.63, 3.8) is 0 Å². The number of alkyl halides is 1. The molecule has 1 aliphatic rings. The second kappa shape index (κ2) is 12.4. The highest BCUT2D eigenvalue weighted by Crippen LogP contribution is 2.45. The van der Waals surface area contributed by atoms with E-state index < -0.39 is 18.2 Å². The van der Waals surface area contributed by atoms with Gasteiger partial charge in [0.25, 0.3) is 0 Å². The molecule has 1 aliphatic carbocycles. The molecule has 0 spiro atoms. The summed E-state index contributed by atoms with van der Waals surface area (Å²) in [6.07, 6.45) is 10.2. The number of aliphatic hydroxyl groups is 2. The number of carbonyl (C=O) groups is 1. The van der Waals surface area contributed by atoms with E-state index >= 15 is 0 Å². The molecule has 1 aromatic carbocycles. The van der Waals surface area contributed by atoms with Crippen LogP contribution in [0.4, 0.5) is 0 Å². The van der Waals surface area contributed by atoms with Crippen LogP contribution in [0.25, 0.3) is 0 Å². The lowest BCUT2D eigenvalue weighted by atomic mass is 9.84. The van der Waals surface area contributed by atoms with Gasteiger partial charge in [-0.15, -0.1) is 11.6 Å². The van der Waals surface area contributed by atoms with Crippen molar-refractivity contribution in [2.75, 3.05) is 0 Å². The summed E-state index contributed by atoms with van der Waals surface area (Å²) in [6, 6.07) is 7.98. The molecule has 0 aromatic heterocycles. The number of hydrogen-bond acceptors (Lipinski definition) is 3. The molecule has 2 rings (SSSR count). The first kappa shape index (κ1) is 23.9. The minimum Gasteiger partial charge on any atom is -0.481 e. The van der Waals surface area contributed by atoms with Crippen LogP contribution < -0.4 is 0 Å². The number of allylic oxidation sites excluding steroid dienone is 2. The molecule has 1 fully saturated rings. The molecule has 5 heteroatoms. The summed E-state index contributed by atoms with van der Waals surface area (Å²) in [5.74, 6) is -0.646. The number of carboxylic acid groups (broad SMARTS) is 1. The zero-order valence-corrected chi connectivity index (χ0v) is 18.1. The summed E-state index contributed by atoms with van der Waals surface area (Å²) in [7, 11) is 0. The predicted molar refractivity (Wildman–Crippen MR) is 117 cm³/mol. The lowest BCUT2D eigenvalue weighted by molar-refractivity contribution is -0.137. The molecule has 0 amide bonds. The lowest BCUT2D eigenvalue weighted by Crippen LogP contribution is -2.18. The van der Waals surface area contributed by atoms with Crippen LogP contribution in [-0.2, 0) is 4.79 Å². The van der Waals surface area contributed by atoms with Crippen molar-refractivity contribution in [1.82, 2.24) is 0 Å². The van der Waals surface area contributed by atoms with Gasteiger partial charge < -0.3 is 15.3 Å². The molecule has 29 heavy (non-hydrogen) atoms.